The van der Waals surface area contributed by atoms with Gasteiger partial charge in [0.2, 0.25) is 10.0 Å². The highest BCUT2D eigenvalue weighted by Crippen LogP contribution is 2.14. The molecule has 0 amide bonds. The standard InChI is InChI=1S/C14H24N2O2S/c1-3-4-5-6-7-12-15-13-8-10-14(11-9-13)16-19(2,17)18/h8-11,15-16H,3-7,12H2,1-2H3. The van der Waals surface area contributed by atoms with E-state index in [4.69, 9.17) is 0 Å². The molecule has 0 bridgehead atoms. The molecule has 19 heavy (non-hydrogen) atoms. The van der Waals surface area contributed by atoms with Gasteiger partial charge in [-0.3, -0.25) is 4.72 Å². The maximum absolute atomic E-state index is 11.1. The van der Waals surface area contributed by atoms with E-state index >= 15 is 0 Å². The van der Waals surface area contributed by atoms with Crippen molar-refractivity contribution in [2.24, 2.45) is 0 Å². The summed E-state index contributed by atoms with van der Waals surface area (Å²) in [6, 6.07) is 7.31. The molecule has 0 fully saturated rings. The van der Waals surface area contributed by atoms with Crippen molar-refractivity contribution >= 4 is 21.4 Å². The number of hydrogen-bond acceptors (Lipinski definition) is 3. The van der Waals surface area contributed by atoms with E-state index in [1.54, 1.807) is 12.1 Å². The van der Waals surface area contributed by atoms with Crippen LogP contribution in [0.1, 0.15) is 39.0 Å². The largest absolute Gasteiger partial charge is 0.385 e. The van der Waals surface area contributed by atoms with E-state index in [0.717, 1.165) is 18.5 Å². The van der Waals surface area contributed by atoms with Crippen molar-refractivity contribution in [2.75, 3.05) is 22.8 Å². The topological polar surface area (TPSA) is 58.2 Å². The molecule has 1 rings (SSSR count). The van der Waals surface area contributed by atoms with Crippen LogP contribution in [0.3, 0.4) is 0 Å². The minimum atomic E-state index is -3.19. The molecule has 0 spiro atoms. The monoisotopic (exact) mass is 284 g/mol. The van der Waals surface area contributed by atoms with Crippen LogP contribution in [0.4, 0.5) is 11.4 Å². The number of rotatable bonds is 9. The molecule has 2 N–H and O–H groups in total. The van der Waals surface area contributed by atoms with Crippen molar-refractivity contribution in [3.63, 3.8) is 0 Å². The SMILES string of the molecule is CCCCCCCNc1ccc(NS(C)(=O)=O)cc1. The van der Waals surface area contributed by atoms with Gasteiger partial charge in [0.25, 0.3) is 0 Å². The van der Waals surface area contributed by atoms with E-state index in [2.05, 4.69) is 17.0 Å². The van der Waals surface area contributed by atoms with Crippen molar-refractivity contribution in [3.05, 3.63) is 24.3 Å². The average molecular weight is 284 g/mol. The van der Waals surface area contributed by atoms with Gasteiger partial charge in [-0.05, 0) is 30.7 Å². The fourth-order valence-corrected chi connectivity index (χ4v) is 2.40. The molecule has 0 aliphatic carbocycles. The molecular weight excluding hydrogens is 260 g/mol. The Kier molecular flexibility index (Phi) is 6.70. The van der Waals surface area contributed by atoms with Gasteiger partial charge in [-0.25, -0.2) is 8.42 Å². The Labute approximate surface area is 116 Å². The summed E-state index contributed by atoms with van der Waals surface area (Å²) in [5.41, 5.74) is 1.62. The lowest BCUT2D eigenvalue weighted by Gasteiger charge is -2.08. The van der Waals surface area contributed by atoms with Gasteiger partial charge in [0.05, 0.1) is 6.26 Å². The Bertz CT molecular complexity index is 455. The Morgan fingerprint density at radius 3 is 2.11 bits per heavy atom. The fraction of sp³-hybridized carbons (Fsp3) is 0.571. The summed E-state index contributed by atoms with van der Waals surface area (Å²) in [5.74, 6) is 0. The number of sulfonamides is 1. The summed E-state index contributed by atoms with van der Waals surface area (Å²) in [6.07, 6.45) is 7.46. The van der Waals surface area contributed by atoms with Crippen LogP contribution < -0.4 is 10.0 Å². The van der Waals surface area contributed by atoms with E-state index in [0.29, 0.717) is 5.69 Å². The molecular formula is C14H24N2O2S. The van der Waals surface area contributed by atoms with Gasteiger partial charge in [0, 0.05) is 17.9 Å². The second-order valence-corrected chi connectivity index (χ2v) is 6.54. The maximum Gasteiger partial charge on any atom is 0.229 e. The lowest BCUT2D eigenvalue weighted by molar-refractivity contribution is 0.607. The second-order valence-electron chi connectivity index (χ2n) is 4.79. The average Bonchev–Trinajstić information content (AvgIpc) is 2.34. The molecule has 0 heterocycles. The third kappa shape index (κ3) is 7.72. The number of benzene rings is 1. The van der Waals surface area contributed by atoms with Gasteiger partial charge in [-0.2, -0.15) is 0 Å². The van der Waals surface area contributed by atoms with Crippen LogP contribution in [-0.4, -0.2) is 21.2 Å². The van der Waals surface area contributed by atoms with Gasteiger partial charge in [0.15, 0.2) is 0 Å². The van der Waals surface area contributed by atoms with Crippen LogP contribution >= 0.6 is 0 Å². The lowest BCUT2D eigenvalue weighted by Crippen LogP contribution is -2.09. The van der Waals surface area contributed by atoms with Crippen molar-refractivity contribution in [2.45, 2.75) is 39.0 Å². The van der Waals surface area contributed by atoms with Gasteiger partial charge in [-0.15, -0.1) is 0 Å². The minimum Gasteiger partial charge on any atom is -0.385 e. The fourth-order valence-electron chi connectivity index (χ4n) is 1.83. The summed E-state index contributed by atoms with van der Waals surface area (Å²) >= 11 is 0. The number of nitrogens with one attached hydrogen (secondary N) is 2. The Morgan fingerprint density at radius 1 is 0.947 bits per heavy atom. The van der Waals surface area contributed by atoms with E-state index in [-0.39, 0.29) is 0 Å². The van der Waals surface area contributed by atoms with Gasteiger partial charge in [0.1, 0.15) is 0 Å². The van der Waals surface area contributed by atoms with E-state index in [1.807, 2.05) is 12.1 Å². The van der Waals surface area contributed by atoms with Gasteiger partial charge in [-0.1, -0.05) is 32.6 Å². The molecule has 5 heteroatoms. The highest BCUT2D eigenvalue weighted by molar-refractivity contribution is 7.92. The molecule has 0 saturated carbocycles. The smallest absolute Gasteiger partial charge is 0.229 e. The highest BCUT2D eigenvalue weighted by Gasteiger charge is 2.01. The normalized spacial score (nSPS) is 11.3. The van der Waals surface area contributed by atoms with Gasteiger partial charge >= 0.3 is 0 Å². The summed E-state index contributed by atoms with van der Waals surface area (Å²) < 4.78 is 24.6. The first kappa shape index (κ1) is 15.8. The molecule has 1 aromatic carbocycles. The van der Waals surface area contributed by atoms with Crippen molar-refractivity contribution in [1.82, 2.24) is 0 Å². The molecule has 0 saturated heterocycles. The lowest BCUT2D eigenvalue weighted by atomic mass is 10.1. The number of hydrogen-bond donors (Lipinski definition) is 2. The zero-order valence-corrected chi connectivity index (χ0v) is 12.6. The van der Waals surface area contributed by atoms with Gasteiger partial charge < -0.3 is 5.32 Å². The molecule has 0 radical (unpaired) electrons. The van der Waals surface area contributed by atoms with Crippen LogP contribution in [-0.2, 0) is 10.0 Å². The van der Waals surface area contributed by atoms with Crippen LogP contribution in [0, 0.1) is 0 Å². The maximum atomic E-state index is 11.1. The molecule has 0 atom stereocenters. The number of unbranched alkanes of at least 4 members (excludes halogenated alkanes) is 4. The number of anilines is 2. The Hall–Kier alpha value is -1.23. The predicted octanol–water partition coefficient (Wildman–Crippen LogP) is 3.44. The van der Waals surface area contributed by atoms with Crippen molar-refractivity contribution in [1.29, 1.82) is 0 Å². The highest BCUT2D eigenvalue weighted by atomic mass is 32.2. The predicted molar refractivity (Wildman–Crippen MR) is 82.2 cm³/mol. The summed E-state index contributed by atoms with van der Waals surface area (Å²) in [6.45, 7) is 3.17. The van der Waals surface area contributed by atoms with Crippen LogP contribution in [0.15, 0.2) is 24.3 Å². The molecule has 4 nitrogen and oxygen atoms in total. The zero-order valence-electron chi connectivity index (χ0n) is 11.8. The first-order valence-corrected chi connectivity index (χ1v) is 8.72. The van der Waals surface area contributed by atoms with Crippen LogP contribution in [0.5, 0.6) is 0 Å². The quantitative estimate of drug-likeness (QED) is 0.683. The second kappa shape index (κ2) is 8.04. The minimum absolute atomic E-state index is 0.594. The summed E-state index contributed by atoms with van der Waals surface area (Å²) in [7, 11) is -3.19. The Balaban J connectivity index is 2.28. The summed E-state index contributed by atoms with van der Waals surface area (Å²) in [5, 5.41) is 3.33. The van der Waals surface area contributed by atoms with Crippen LogP contribution in [0.25, 0.3) is 0 Å². The van der Waals surface area contributed by atoms with E-state index < -0.39 is 10.0 Å². The molecule has 0 aromatic heterocycles. The van der Waals surface area contributed by atoms with Crippen LogP contribution in [0.2, 0.25) is 0 Å². The third-order valence-corrected chi connectivity index (χ3v) is 3.40. The van der Waals surface area contributed by atoms with E-state index in [1.165, 1.54) is 32.1 Å². The summed E-state index contributed by atoms with van der Waals surface area (Å²) in [4.78, 5) is 0. The molecule has 0 aliphatic heterocycles. The molecule has 0 aliphatic rings. The van der Waals surface area contributed by atoms with Crippen molar-refractivity contribution in [3.8, 4) is 0 Å². The first-order chi connectivity index (χ1) is 9.01. The van der Waals surface area contributed by atoms with E-state index in [9.17, 15) is 8.42 Å². The van der Waals surface area contributed by atoms with Crippen molar-refractivity contribution < 1.29 is 8.42 Å². The molecule has 108 valence electrons. The zero-order chi connectivity index (χ0) is 14.1. The third-order valence-electron chi connectivity index (χ3n) is 2.80. The Morgan fingerprint density at radius 2 is 1.53 bits per heavy atom. The first-order valence-electron chi connectivity index (χ1n) is 6.83. The molecule has 0 unspecified atom stereocenters. The molecule has 1 aromatic rings.